The molecule has 1 atom stereocenters. The molecule has 1 aromatic heterocycles. The van der Waals surface area contributed by atoms with Crippen molar-refractivity contribution in [3.8, 4) is 0 Å². The summed E-state index contributed by atoms with van der Waals surface area (Å²) in [5.41, 5.74) is 3.62. The molecule has 0 bridgehead atoms. The van der Waals surface area contributed by atoms with E-state index in [-0.39, 0.29) is 23.8 Å². The summed E-state index contributed by atoms with van der Waals surface area (Å²) in [5, 5.41) is 2.70. The number of carbonyl (C=O) groups is 1. The molecule has 21 heavy (non-hydrogen) atoms. The van der Waals surface area contributed by atoms with Crippen molar-refractivity contribution >= 4 is 11.7 Å². The second kappa shape index (κ2) is 4.84. The Morgan fingerprint density at radius 3 is 2.67 bits per heavy atom. The summed E-state index contributed by atoms with van der Waals surface area (Å²) in [6, 6.07) is 6.07. The maximum Gasteiger partial charge on any atom is 0.256 e. The van der Waals surface area contributed by atoms with Crippen LogP contribution in [0.15, 0.2) is 23.0 Å². The molecule has 5 nitrogen and oxygen atoms in total. The van der Waals surface area contributed by atoms with Gasteiger partial charge in [-0.1, -0.05) is 23.8 Å². The highest BCUT2D eigenvalue weighted by molar-refractivity contribution is 5.94. The van der Waals surface area contributed by atoms with Gasteiger partial charge >= 0.3 is 0 Å². The molecule has 0 radical (unpaired) electrons. The molecule has 3 rings (SSSR count). The quantitative estimate of drug-likeness (QED) is 0.842. The van der Waals surface area contributed by atoms with Crippen LogP contribution in [0.3, 0.4) is 0 Å². The van der Waals surface area contributed by atoms with E-state index in [9.17, 15) is 9.59 Å². The van der Waals surface area contributed by atoms with Crippen LogP contribution in [0.1, 0.15) is 40.4 Å². The van der Waals surface area contributed by atoms with Gasteiger partial charge in [-0.25, -0.2) is 4.98 Å². The summed E-state index contributed by atoms with van der Waals surface area (Å²) in [6.45, 7) is 5.73. The minimum atomic E-state index is -0.244. The maximum atomic E-state index is 12.3. The van der Waals surface area contributed by atoms with Crippen molar-refractivity contribution in [2.75, 3.05) is 5.32 Å². The first-order chi connectivity index (χ1) is 9.95. The number of nitrogens with zero attached hydrogens (tertiary/aromatic N) is 1. The Morgan fingerprint density at radius 1 is 1.19 bits per heavy atom. The standard InChI is InChI=1S/C16H17N3O2/c1-8-4-5-11(9(2)6-8)12-7-13(20)19-15-14(12)16(21)18-10(3)17-15/h4-6,12H,7H2,1-3H3,(H2,17,18,19,20,21)/t12-/m0/s1. The van der Waals surface area contributed by atoms with Crippen molar-refractivity contribution < 1.29 is 4.79 Å². The predicted molar refractivity (Wildman–Crippen MR) is 80.6 cm³/mol. The number of aromatic nitrogens is 2. The zero-order valence-electron chi connectivity index (χ0n) is 12.3. The molecule has 0 spiro atoms. The molecule has 0 unspecified atom stereocenters. The van der Waals surface area contributed by atoms with Crippen molar-refractivity contribution in [2.45, 2.75) is 33.1 Å². The van der Waals surface area contributed by atoms with E-state index in [2.05, 4.69) is 21.4 Å². The van der Waals surface area contributed by atoms with Crippen molar-refractivity contribution in [1.82, 2.24) is 9.97 Å². The summed E-state index contributed by atoms with van der Waals surface area (Å²) in [4.78, 5) is 31.2. The Morgan fingerprint density at radius 2 is 1.95 bits per heavy atom. The molecule has 2 heterocycles. The number of hydrogen-bond acceptors (Lipinski definition) is 3. The molecule has 1 amide bonds. The van der Waals surface area contributed by atoms with Crippen LogP contribution in [0.4, 0.5) is 5.82 Å². The van der Waals surface area contributed by atoms with Crippen LogP contribution in [0.2, 0.25) is 0 Å². The predicted octanol–water partition coefficient (Wildman–Crippen LogP) is 2.17. The van der Waals surface area contributed by atoms with Gasteiger partial charge < -0.3 is 10.3 Å². The molecule has 0 saturated heterocycles. The van der Waals surface area contributed by atoms with Crippen molar-refractivity contribution in [3.63, 3.8) is 0 Å². The smallest absolute Gasteiger partial charge is 0.256 e. The van der Waals surface area contributed by atoms with Crippen LogP contribution in [-0.2, 0) is 4.79 Å². The van der Waals surface area contributed by atoms with Gasteiger partial charge in [0.15, 0.2) is 0 Å². The number of anilines is 1. The highest BCUT2D eigenvalue weighted by atomic mass is 16.2. The third-order valence-electron chi connectivity index (χ3n) is 3.87. The van der Waals surface area contributed by atoms with E-state index in [1.165, 1.54) is 0 Å². The summed E-state index contributed by atoms with van der Waals surface area (Å²) in [7, 11) is 0. The monoisotopic (exact) mass is 283 g/mol. The minimum absolute atomic E-state index is 0.107. The van der Waals surface area contributed by atoms with Gasteiger partial charge in [-0.15, -0.1) is 0 Å². The third kappa shape index (κ3) is 2.35. The SMILES string of the molecule is Cc1ccc([C@@H]2CC(=O)Nc3nc(C)[nH]c(=O)c32)c(C)c1. The molecular formula is C16H17N3O2. The topological polar surface area (TPSA) is 74.8 Å². The van der Waals surface area contributed by atoms with Crippen LogP contribution >= 0.6 is 0 Å². The fraction of sp³-hybridized carbons (Fsp3) is 0.312. The molecule has 1 aliphatic heterocycles. The van der Waals surface area contributed by atoms with Gasteiger partial charge in [0.2, 0.25) is 5.91 Å². The highest BCUT2D eigenvalue weighted by Crippen LogP contribution is 2.35. The zero-order chi connectivity index (χ0) is 15.1. The number of hydrogen-bond donors (Lipinski definition) is 2. The van der Waals surface area contributed by atoms with E-state index in [4.69, 9.17) is 0 Å². The van der Waals surface area contributed by atoms with Crippen LogP contribution < -0.4 is 10.9 Å². The molecule has 1 aliphatic rings. The number of carbonyl (C=O) groups excluding carboxylic acids is 1. The summed E-state index contributed by atoms with van der Waals surface area (Å²) in [5.74, 6) is 0.536. The zero-order valence-corrected chi connectivity index (χ0v) is 12.3. The number of aromatic amines is 1. The van der Waals surface area contributed by atoms with Gasteiger partial charge in [0, 0.05) is 12.3 Å². The molecule has 0 fully saturated rings. The Hall–Kier alpha value is -2.43. The lowest BCUT2D eigenvalue weighted by Gasteiger charge is -2.25. The van der Waals surface area contributed by atoms with Gasteiger partial charge in [0.1, 0.15) is 11.6 Å². The molecule has 2 aromatic rings. The van der Waals surface area contributed by atoms with Crippen molar-refractivity contribution in [3.05, 3.63) is 56.6 Å². The third-order valence-corrected chi connectivity index (χ3v) is 3.87. The van der Waals surface area contributed by atoms with Gasteiger partial charge in [-0.3, -0.25) is 9.59 Å². The van der Waals surface area contributed by atoms with Crippen molar-refractivity contribution in [1.29, 1.82) is 0 Å². The van der Waals surface area contributed by atoms with Gasteiger partial charge in [0.05, 0.1) is 5.56 Å². The molecular weight excluding hydrogens is 266 g/mol. The lowest BCUT2D eigenvalue weighted by atomic mass is 9.84. The second-order valence-electron chi connectivity index (χ2n) is 5.58. The van der Waals surface area contributed by atoms with Crippen LogP contribution in [0.25, 0.3) is 0 Å². The maximum absolute atomic E-state index is 12.3. The number of rotatable bonds is 1. The van der Waals surface area contributed by atoms with E-state index in [0.29, 0.717) is 17.2 Å². The van der Waals surface area contributed by atoms with Crippen LogP contribution in [0, 0.1) is 20.8 Å². The second-order valence-corrected chi connectivity index (χ2v) is 5.58. The molecule has 1 aromatic carbocycles. The highest BCUT2D eigenvalue weighted by Gasteiger charge is 2.31. The van der Waals surface area contributed by atoms with E-state index in [0.717, 1.165) is 16.7 Å². The lowest BCUT2D eigenvalue weighted by Crippen LogP contribution is -2.31. The van der Waals surface area contributed by atoms with Gasteiger partial charge in [0.25, 0.3) is 5.56 Å². The normalized spacial score (nSPS) is 17.3. The van der Waals surface area contributed by atoms with E-state index >= 15 is 0 Å². The number of fused-ring (bicyclic) bond motifs is 1. The van der Waals surface area contributed by atoms with Gasteiger partial charge in [-0.2, -0.15) is 0 Å². The summed E-state index contributed by atoms with van der Waals surface area (Å²) < 4.78 is 0. The number of aryl methyl sites for hydroxylation is 3. The Bertz CT molecular complexity index is 793. The number of benzene rings is 1. The average Bonchev–Trinajstić information content (AvgIpc) is 2.36. The summed E-state index contributed by atoms with van der Waals surface area (Å²) in [6.07, 6.45) is 0.269. The van der Waals surface area contributed by atoms with E-state index in [1.54, 1.807) is 6.92 Å². The molecule has 0 saturated carbocycles. The van der Waals surface area contributed by atoms with Gasteiger partial charge in [-0.05, 0) is 31.9 Å². The fourth-order valence-electron chi connectivity index (χ4n) is 2.97. The Kier molecular flexibility index (Phi) is 3.12. The van der Waals surface area contributed by atoms with Crippen LogP contribution in [0.5, 0.6) is 0 Å². The van der Waals surface area contributed by atoms with E-state index in [1.807, 2.05) is 26.0 Å². The molecule has 108 valence electrons. The first-order valence-corrected chi connectivity index (χ1v) is 6.93. The Balaban J connectivity index is 2.22. The first kappa shape index (κ1) is 13.5. The Labute approximate surface area is 122 Å². The lowest BCUT2D eigenvalue weighted by molar-refractivity contribution is -0.116. The average molecular weight is 283 g/mol. The molecule has 2 N–H and O–H groups in total. The number of nitrogens with one attached hydrogen (secondary N) is 2. The van der Waals surface area contributed by atoms with E-state index < -0.39 is 0 Å². The van der Waals surface area contributed by atoms with Crippen LogP contribution in [-0.4, -0.2) is 15.9 Å². The fourth-order valence-corrected chi connectivity index (χ4v) is 2.97. The molecule has 5 heteroatoms. The first-order valence-electron chi connectivity index (χ1n) is 6.93. The minimum Gasteiger partial charge on any atom is -0.310 e. The van der Waals surface area contributed by atoms with Crippen molar-refractivity contribution in [2.24, 2.45) is 0 Å². The number of amides is 1. The summed E-state index contributed by atoms with van der Waals surface area (Å²) >= 11 is 0. The molecule has 0 aliphatic carbocycles. The number of H-pyrrole nitrogens is 1. The largest absolute Gasteiger partial charge is 0.310 e.